The fraction of sp³-hybridized carbons (Fsp3) is 0.538. The van der Waals surface area contributed by atoms with Crippen molar-refractivity contribution in [1.82, 2.24) is 4.72 Å². The first-order valence-corrected chi connectivity index (χ1v) is 8.36. The van der Waals surface area contributed by atoms with E-state index in [1.54, 1.807) is 7.11 Å². The van der Waals surface area contributed by atoms with Crippen LogP contribution >= 0.6 is 11.6 Å². The maximum absolute atomic E-state index is 11.7. The highest BCUT2D eigenvalue weighted by Crippen LogP contribution is 2.07. The van der Waals surface area contributed by atoms with Crippen molar-refractivity contribution in [2.75, 3.05) is 18.7 Å². The number of hydrogen-bond donors (Lipinski definition) is 1. The maximum atomic E-state index is 11.7. The first kappa shape index (κ1) is 16.4. The van der Waals surface area contributed by atoms with Crippen LogP contribution in [0.2, 0.25) is 0 Å². The first-order valence-electron chi connectivity index (χ1n) is 6.17. The topological polar surface area (TPSA) is 55.4 Å². The molecule has 1 N–H and O–H groups in total. The lowest BCUT2D eigenvalue weighted by Gasteiger charge is -2.08. The molecule has 108 valence electrons. The number of ether oxygens (including phenoxy) is 1. The number of nitrogens with one attached hydrogen (secondary N) is 1. The van der Waals surface area contributed by atoms with Crippen molar-refractivity contribution in [1.29, 1.82) is 0 Å². The summed E-state index contributed by atoms with van der Waals surface area (Å²) in [7, 11) is -1.59. The van der Waals surface area contributed by atoms with E-state index in [0.29, 0.717) is 31.9 Å². The number of sulfonamides is 1. The minimum Gasteiger partial charge on any atom is -0.380 e. The monoisotopic (exact) mass is 305 g/mol. The van der Waals surface area contributed by atoms with Gasteiger partial charge < -0.3 is 4.74 Å². The van der Waals surface area contributed by atoms with E-state index in [1.165, 1.54) is 0 Å². The van der Waals surface area contributed by atoms with E-state index in [0.717, 1.165) is 11.1 Å². The van der Waals surface area contributed by atoms with Crippen LogP contribution in [0.3, 0.4) is 0 Å². The third kappa shape index (κ3) is 6.92. The predicted molar refractivity (Wildman–Crippen MR) is 77.7 cm³/mol. The van der Waals surface area contributed by atoms with E-state index in [4.69, 9.17) is 16.3 Å². The summed E-state index contributed by atoms with van der Waals surface area (Å²) in [5, 5.41) is 0. The Balaban J connectivity index is 2.49. The molecule has 0 saturated heterocycles. The fourth-order valence-corrected chi connectivity index (χ4v) is 2.95. The Hall–Kier alpha value is -0.620. The van der Waals surface area contributed by atoms with Gasteiger partial charge in [0.25, 0.3) is 0 Å². The number of methoxy groups -OCH3 is 1. The summed E-state index contributed by atoms with van der Waals surface area (Å²) in [6, 6.07) is 7.67. The van der Waals surface area contributed by atoms with Crippen LogP contribution in [0.15, 0.2) is 24.3 Å². The lowest BCUT2D eigenvalue weighted by atomic mass is 10.1. The largest absolute Gasteiger partial charge is 0.380 e. The number of unbranched alkanes of at least 4 members (excludes halogenated alkanes) is 1. The van der Waals surface area contributed by atoms with E-state index >= 15 is 0 Å². The highest BCUT2D eigenvalue weighted by Gasteiger charge is 2.09. The second kappa shape index (κ2) is 8.53. The molecule has 0 bridgehead atoms. The minimum absolute atomic E-state index is 0.123. The molecule has 6 heteroatoms. The smallest absolute Gasteiger partial charge is 0.211 e. The second-order valence-corrected chi connectivity index (χ2v) is 6.59. The molecule has 0 amide bonds. The Bertz CT molecular complexity index is 477. The number of benzene rings is 1. The highest BCUT2D eigenvalue weighted by atomic mass is 35.5. The molecule has 4 nitrogen and oxygen atoms in total. The molecule has 0 aliphatic carbocycles. The number of halogens is 1. The zero-order chi connectivity index (χ0) is 14.1. The van der Waals surface area contributed by atoms with Crippen LogP contribution in [0, 0.1) is 0 Å². The van der Waals surface area contributed by atoms with E-state index in [2.05, 4.69) is 4.72 Å². The summed E-state index contributed by atoms with van der Waals surface area (Å²) < 4.78 is 31.1. The Labute approximate surface area is 120 Å². The van der Waals surface area contributed by atoms with Gasteiger partial charge in [-0.25, -0.2) is 13.1 Å². The second-order valence-electron chi connectivity index (χ2n) is 4.29. The third-order valence-corrected chi connectivity index (χ3v) is 4.27. The average Bonchev–Trinajstić information content (AvgIpc) is 2.38. The van der Waals surface area contributed by atoms with Gasteiger partial charge in [-0.2, -0.15) is 0 Å². The van der Waals surface area contributed by atoms with Crippen molar-refractivity contribution >= 4 is 21.6 Å². The first-order chi connectivity index (χ1) is 9.07. The molecule has 0 fully saturated rings. The Morgan fingerprint density at radius 1 is 1.26 bits per heavy atom. The standard InChI is InChI=1S/C13H20ClNO3S/c1-18-11-13-6-4-5-12(9-13)10-15-19(16,17)8-3-2-7-14/h4-6,9,15H,2-3,7-8,10-11H2,1H3. The molecule has 19 heavy (non-hydrogen) atoms. The molecule has 0 spiro atoms. The summed E-state index contributed by atoms with van der Waals surface area (Å²) in [6.45, 7) is 0.830. The zero-order valence-electron chi connectivity index (χ0n) is 11.1. The molecule has 0 atom stereocenters. The summed E-state index contributed by atoms with van der Waals surface area (Å²) in [6.07, 6.45) is 1.30. The third-order valence-electron chi connectivity index (χ3n) is 2.60. The van der Waals surface area contributed by atoms with Gasteiger partial charge in [0.05, 0.1) is 12.4 Å². The number of hydrogen-bond acceptors (Lipinski definition) is 3. The highest BCUT2D eigenvalue weighted by molar-refractivity contribution is 7.89. The van der Waals surface area contributed by atoms with E-state index in [-0.39, 0.29) is 5.75 Å². The Kier molecular flexibility index (Phi) is 7.38. The molecule has 1 aromatic rings. The van der Waals surface area contributed by atoms with Crippen LogP contribution < -0.4 is 4.72 Å². The van der Waals surface area contributed by atoms with Crippen LogP contribution in [0.4, 0.5) is 0 Å². The van der Waals surface area contributed by atoms with Crippen LogP contribution in [0.25, 0.3) is 0 Å². The fourth-order valence-electron chi connectivity index (χ4n) is 1.65. The van der Waals surface area contributed by atoms with Gasteiger partial charge in [0.2, 0.25) is 10.0 Å². The molecule has 0 aliphatic rings. The van der Waals surface area contributed by atoms with Gasteiger partial charge in [-0.15, -0.1) is 11.6 Å². The summed E-state index contributed by atoms with van der Waals surface area (Å²) >= 11 is 5.52. The van der Waals surface area contributed by atoms with E-state index in [1.807, 2.05) is 24.3 Å². The average molecular weight is 306 g/mol. The van der Waals surface area contributed by atoms with Gasteiger partial charge in [0.1, 0.15) is 0 Å². The Morgan fingerprint density at radius 2 is 2.00 bits per heavy atom. The zero-order valence-corrected chi connectivity index (χ0v) is 12.6. The lowest BCUT2D eigenvalue weighted by molar-refractivity contribution is 0.185. The quantitative estimate of drug-likeness (QED) is 0.562. The normalized spacial score (nSPS) is 11.7. The molecule has 0 aromatic heterocycles. The maximum Gasteiger partial charge on any atom is 0.211 e. The molecule has 1 aromatic carbocycles. The predicted octanol–water partition coefficient (Wildman–Crippen LogP) is 2.27. The van der Waals surface area contributed by atoms with E-state index < -0.39 is 10.0 Å². The summed E-state index contributed by atoms with van der Waals surface area (Å²) in [5.74, 6) is 0.617. The van der Waals surface area contributed by atoms with Gasteiger partial charge >= 0.3 is 0 Å². The van der Waals surface area contributed by atoms with Crippen LogP contribution in [-0.4, -0.2) is 27.2 Å². The van der Waals surface area contributed by atoms with Crippen molar-refractivity contribution in [3.05, 3.63) is 35.4 Å². The molecular formula is C13H20ClNO3S. The molecule has 1 rings (SSSR count). The van der Waals surface area contributed by atoms with Crippen molar-refractivity contribution in [2.24, 2.45) is 0 Å². The van der Waals surface area contributed by atoms with Crippen LogP contribution in [-0.2, 0) is 27.9 Å². The van der Waals surface area contributed by atoms with Crippen molar-refractivity contribution in [2.45, 2.75) is 26.0 Å². The van der Waals surface area contributed by atoms with Gasteiger partial charge in [-0.05, 0) is 24.0 Å². The van der Waals surface area contributed by atoms with Gasteiger partial charge in [0.15, 0.2) is 0 Å². The molecular weight excluding hydrogens is 286 g/mol. The number of alkyl halides is 1. The Morgan fingerprint density at radius 3 is 2.68 bits per heavy atom. The van der Waals surface area contributed by atoms with Crippen molar-refractivity contribution in [3.63, 3.8) is 0 Å². The van der Waals surface area contributed by atoms with Gasteiger partial charge in [0, 0.05) is 19.5 Å². The lowest BCUT2D eigenvalue weighted by Crippen LogP contribution is -2.26. The van der Waals surface area contributed by atoms with Crippen molar-refractivity contribution < 1.29 is 13.2 Å². The van der Waals surface area contributed by atoms with Gasteiger partial charge in [-0.3, -0.25) is 0 Å². The molecule has 0 saturated carbocycles. The molecule has 0 aliphatic heterocycles. The molecule has 0 heterocycles. The molecule has 0 unspecified atom stereocenters. The van der Waals surface area contributed by atoms with Crippen LogP contribution in [0.1, 0.15) is 24.0 Å². The number of rotatable bonds is 9. The SMILES string of the molecule is COCc1cccc(CNS(=O)(=O)CCCCCl)c1. The van der Waals surface area contributed by atoms with E-state index in [9.17, 15) is 8.42 Å². The van der Waals surface area contributed by atoms with Crippen molar-refractivity contribution in [3.8, 4) is 0 Å². The summed E-state index contributed by atoms with van der Waals surface area (Å²) in [5.41, 5.74) is 1.96. The van der Waals surface area contributed by atoms with Crippen LogP contribution in [0.5, 0.6) is 0 Å². The molecule has 0 radical (unpaired) electrons. The minimum atomic E-state index is -3.22. The van der Waals surface area contributed by atoms with Gasteiger partial charge in [-0.1, -0.05) is 24.3 Å². The summed E-state index contributed by atoms with van der Waals surface area (Å²) in [4.78, 5) is 0.